The van der Waals surface area contributed by atoms with E-state index in [9.17, 15) is 14.9 Å². The van der Waals surface area contributed by atoms with E-state index in [0.717, 1.165) is 15.7 Å². The van der Waals surface area contributed by atoms with Gasteiger partial charge in [0.15, 0.2) is 0 Å². The number of fused-ring (bicyclic) bond motifs is 1. The molecule has 0 saturated heterocycles. The minimum Gasteiger partial charge on any atom is -0.384 e. The molecule has 3 N–H and O–H groups in total. The first kappa shape index (κ1) is 15.6. The lowest BCUT2D eigenvalue weighted by Gasteiger charge is -2.28. The number of aryl methyl sites for hydroxylation is 1. The molecule has 3 rings (SSSR count). The second-order valence-corrected chi connectivity index (χ2v) is 5.88. The van der Waals surface area contributed by atoms with Crippen LogP contribution >= 0.6 is 0 Å². The van der Waals surface area contributed by atoms with Crippen LogP contribution in [0.15, 0.2) is 45.2 Å². The third-order valence-corrected chi connectivity index (χ3v) is 4.35. The van der Waals surface area contributed by atoms with E-state index in [0.29, 0.717) is 11.4 Å². The minimum absolute atomic E-state index is 0.152. The standard InChI is InChI=1S/C17H17N5O2/c1-9-4-6-10(7-5-9)12-11(8-18)14(19)20-15-13(12)16(23)22(3)17(24)21(15)2/h4-7,12,20H,19H2,1-3H3/t12-/m1/s1. The van der Waals surface area contributed by atoms with Crippen LogP contribution in [0.4, 0.5) is 5.82 Å². The van der Waals surface area contributed by atoms with E-state index >= 15 is 0 Å². The lowest BCUT2D eigenvalue weighted by molar-refractivity contribution is 0.664. The van der Waals surface area contributed by atoms with Crippen molar-refractivity contribution in [3.05, 3.63) is 73.2 Å². The number of anilines is 1. The first-order valence-electron chi connectivity index (χ1n) is 7.40. The molecule has 0 radical (unpaired) electrons. The van der Waals surface area contributed by atoms with Crippen molar-refractivity contribution in [2.24, 2.45) is 19.8 Å². The summed E-state index contributed by atoms with van der Waals surface area (Å²) in [6, 6.07) is 9.65. The Labute approximate surface area is 138 Å². The van der Waals surface area contributed by atoms with Crippen molar-refractivity contribution in [2.45, 2.75) is 12.8 Å². The van der Waals surface area contributed by atoms with Crippen molar-refractivity contribution in [3.63, 3.8) is 0 Å². The van der Waals surface area contributed by atoms with Crippen molar-refractivity contribution in [2.75, 3.05) is 5.32 Å². The topological polar surface area (TPSA) is 106 Å². The molecule has 24 heavy (non-hydrogen) atoms. The molecule has 2 heterocycles. The number of benzene rings is 1. The van der Waals surface area contributed by atoms with Crippen molar-refractivity contribution in [1.82, 2.24) is 9.13 Å². The molecule has 2 aromatic rings. The molecule has 0 bridgehead atoms. The van der Waals surface area contributed by atoms with E-state index in [1.54, 1.807) is 7.05 Å². The zero-order valence-electron chi connectivity index (χ0n) is 13.6. The lowest BCUT2D eigenvalue weighted by Crippen LogP contribution is -2.43. The molecular formula is C17H17N5O2. The smallest absolute Gasteiger partial charge is 0.332 e. The largest absolute Gasteiger partial charge is 0.384 e. The highest BCUT2D eigenvalue weighted by molar-refractivity contribution is 5.64. The minimum atomic E-state index is -0.614. The summed E-state index contributed by atoms with van der Waals surface area (Å²) >= 11 is 0. The average Bonchev–Trinajstić information content (AvgIpc) is 2.57. The number of nitriles is 1. The fraction of sp³-hybridized carbons (Fsp3) is 0.235. The van der Waals surface area contributed by atoms with Crippen molar-refractivity contribution in [1.29, 1.82) is 5.26 Å². The maximum absolute atomic E-state index is 12.7. The fourth-order valence-corrected chi connectivity index (χ4v) is 2.99. The van der Waals surface area contributed by atoms with Gasteiger partial charge in [0.2, 0.25) is 0 Å². The number of hydrogen-bond donors (Lipinski definition) is 2. The highest BCUT2D eigenvalue weighted by Gasteiger charge is 2.33. The monoisotopic (exact) mass is 323 g/mol. The molecule has 0 saturated carbocycles. The van der Waals surface area contributed by atoms with Crippen molar-refractivity contribution in [3.8, 4) is 6.07 Å². The van der Waals surface area contributed by atoms with Crippen LogP contribution in [0.25, 0.3) is 0 Å². The maximum atomic E-state index is 12.7. The van der Waals surface area contributed by atoms with Gasteiger partial charge >= 0.3 is 5.69 Å². The van der Waals surface area contributed by atoms with E-state index < -0.39 is 17.2 Å². The van der Waals surface area contributed by atoms with Gasteiger partial charge in [-0.3, -0.25) is 13.9 Å². The normalized spacial score (nSPS) is 16.3. The zero-order valence-corrected chi connectivity index (χ0v) is 13.6. The molecule has 7 nitrogen and oxygen atoms in total. The zero-order chi connectivity index (χ0) is 17.6. The number of nitrogens with one attached hydrogen (secondary N) is 1. The number of rotatable bonds is 1. The number of allylic oxidation sites excluding steroid dienone is 1. The number of hydrogen-bond acceptors (Lipinski definition) is 5. The number of nitrogens with two attached hydrogens (primary N) is 1. The molecule has 7 heteroatoms. The molecule has 0 aliphatic carbocycles. The molecule has 1 aliphatic rings. The third kappa shape index (κ3) is 2.12. The van der Waals surface area contributed by atoms with Crippen LogP contribution < -0.4 is 22.3 Å². The van der Waals surface area contributed by atoms with Crippen molar-refractivity contribution >= 4 is 5.82 Å². The van der Waals surface area contributed by atoms with E-state index in [1.807, 2.05) is 31.2 Å². The van der Waals surface area contributed by atoms with Crippen molar-refractivity contribution < 1.29 is 0 Å². The van der Waals surface area contributed by atoms with Gasteiger partial charge in [0.1, 0.15) is 11.6 Å². The van der Waals surface area contributed by atoms with Crippen LogP contribution in [-0.2, 0) is 14.1 Å². The highest BCUT2D eigenvalue weighted by Crippen LogP contribution is 2.37. The maximum Gasteiger partial charge on any atom is 0.332 e. The summed E-state index contributed by atoms with van der Waals surface area (Å²) in [5, 5.41) is 12.4. The van der Waals surface area contributed by atoms with Crippen LogP contribution in [0.1, 0.15) is 22.6 Å². The van der Waals surface area contributed by atoms with E-state index in [1.165, 1.54) is 11.6 Å². The Morgan fingerprint density at radius 3 is 2.38 bits per heavy atom. The van der Waals surface area contributed by atoms with Gasteiger partial charge in [-0.05, 0) is 12.5 Å². The molecular weight excluding hydrogens is 306 g/mol. The van der Waals surface area contributed by atoms with Crippen LogP contribution in [0, 0.1) is 18.3 Å². The SMILES string of the molecule is Cc1ccc([C@@H]2C(C#N)=C(N)Nc3c2c(=O)n(C)c(=O)n3C)cc1. The van der Waals surface area contributed by atoms with Crippen LogP contribution in [0.5, 0.6) is 0 Å². The number of nitrogens with zero attached hydrogens (tertiary/aromatic N) is 3. The Hall–Kier alpha value is -3.27. The summed E-state index contributed by atoms with van der Waals surface area (Å²) in [6.45, 7) is 1.96. The summed E-state index contributed by atoms with van der Waals surface area (Å²) in [5.41, 5.74) is 7.55. The van der Waals surface area contributed by atoms with Crippen LogP contribution in [0.3, 0.4) is 0 Å². The molecule has 0 amide bonds. The second kappa shape index (κ2) is 5.42. The van der Waals surface area contributed by atoms with E-state index in [-0.39, 0.29) is 11.4 Å². The Bertz CT molecular complexity index is 1020. The summed E-state index contributed by atoms with van der Waals surface area (Å²) in [6.07, 6.45) is 0. The first-order chi connectivity index (χ1) is 11.4. The molecule has 0 spiro atoms. The fourth-order valence-electron chi connectivity index (χ4n) is 2.99. The number of aromatic nitrogens is 2. The quantitative estimate of drug-likeness (QED) is 0.801. The van der Waals surface area contributed by atoms with E-state index in [2.05, 4.69) is 11.4 Å². The van der Waals surface area contributed by atoms with Crippen LogP contribution in [-0.4, -0.2) is 9.13 Å². The van der Waals surface area contributed by atoms with Gasteiger partial charge in [0.05, 0.1) is 23.1 Å². The summed E-state index contributed by atoms with van der Waals surface area (Å²) < 4.78 is 2.37. The molecule has 0 unspecified atom stereocenters. The van der Waals surface area contributed by atoms with Gasteiger partial charge in [-0.25, -0.2) is 4.79 Å². The lowest BCUT2D eigenvalue weighted by atomic mass is 9.83. The molecule has 1 aromatic heterocycles. The third-order valence-electron chi connectivity index (χ3n) is 4.35. The predicted octanol–water partition coefficient (Wildman–Crippen LogP) is 0.644. The Morgan fingerprint density at radius 1 is 1.17 bits per heavy atom. The van der Waals surface area contributed by atoms with E-state index in [4.69, 9.17) is 5.73 Å². The molecule has 1 aromatic carbocycles. The summed E-state index contributed by atoms with van der Waals surface area (Å²) in [5.74, 6) is -0.138. The van der Waals surface area contributed by atoms with Gasteiger partial charge in [0, 0.05) is 14.1 Å². The first-order valence-corrected chi connectivity index (χ1v) is 7.40. The molecule has 122 valence electrons. The average molecular weight is 323 g/mol. The Balaban J connectivity index is 2.41. The summed E-state index contributed by atoms with van der Waals surface area (Å²) in [7, 11) is 2.98. The highest BCUT2D eigenvalue weighted by atomic mass is 16.2. The Kier molecular flexibility index (Phi) is 3.53. The van der Waals surface area contributed by atoms with Gasteiger partial charge in [-0.2, -0.15) is 5.26 Å². The molecule has 1 aliphatic heterocycles. The van der Waals surface area contributed by atoms with Gasteiger partial charge in [-0.15, -0.1) is 0 Å². The van der Waals surface area contributed by atoms with Gasteiger partial charge < -0.3 is 11.1 Å². The molecule has 1 atom stereocenters. The summed E-state index contributed by atoms with van der Waals surface area (Å²) in [4.78, 5) is 24.9. The predicted molar refractivity (Wildman–Crippen MR) is 90.4 cm³/mol. The van der Waals surface area contributed by atoms with Gasteiger partial charge in [0.25, 0.3) is 5.56 Å². The second-order valence-electron chi connectivity index (χ2n) is 5.88. The molecule has 0 fully saturated rings. The Morgan fingerprint density at radius 2 is 1.79 bits per heavy atom. The van der Waals surface area contributed by atoms with Crippen LogP contribution in [0.2, 0.25) is 0 Å². The van der Waals surface area contributed by atoms with Gasteiger partial charge in [-0.1, -0.05) is 29.8 Å².